The highest BCUT2D eigenvalue weighted by Crippen LogP contribution is 2.35. The molecule has 2 rings (SSSR count). The van der Waals surface area contributed by atoms with Crippen molar-refractivity contribution in [1.29, 1.82) is 5.26 Å². The van der Waals surface area contributed by atoms with Crippen LogP contribution in [0.4, 0.5) is 32.0 Å². The maximum atomic E-state index is 13.1. The van der Waals surface area contributed by atoms with Crippen LogP contribution in [0, 0.1) is 11.3 Å². The molecule has 0 aliphatic heterocycles. The number of alkyl halides is 6. The molecule has 0 aliphatic rings. The van der Waals surface area contributed by atoms with E-state index in [2.05, 4.69) is 0 Å². The minimum atomic E-state index is -4.94. The Bertz CT molecular complexity index is 880. The van der Waals surface area contributed by atoms with Crippen molar-refractivity contribution in [3.8, 4) is 6.07 Å². The summed E-state index contributed by atoms with van der Waals surface area (Å²) in [5, 5.41) is 17.5. The number of hydrogen-bond donors (Lipinski definition) is 1. The predicted octanol–water partition coefficient (Wildman–Crippen LogP) is 4.44. The number of benzene rings is 1. The summed E-state index contributed by atoms with van der Waals surface area (Å²) >= 11 is 0. The van der Waals surface area contributed by atoms with Crippen LogP contribution in [0.5, 0.6) is 0 Å². The van der Waals surface area contributed by atoms with Gasteiger partial charge in [-0.2, -0.15) is 31.6 Å². The first-order valence-corrected chi connectivity index (χ1v) is 7.16. The maximum absolute atomic E-state index is 13.1. The van der Waals surface area contributed by atoms with Crippen LogP contribution in [0.1, 0.15) is 27.4 Å². The topological polar surface area (TPSA) is 77.5 Å². The zero-order valence-corrected chi connectivity index (χ0v) is 13.2. The van der Waals surface area contributed by atoms with Crippen LogP contribution in [0.3, 0.4) is 0 Å². The van der Waals surface area contributed by atoms with E-state index in [0.717, 1.165) is 24.3 Å². The summed E-state index contributed by atoms with van der Waals surface area (Å²) in [5.41, 5.74) is -2.56. The third-order valence-electron chi connectivity index (χ3n) is 3.38. The molecule has 0 amide bonds. The number of carboxylic acid groups (broad SMARTS) is 1. The van der Waals surface area contributed by atoms with Crippen molar-refractivity contribution >= 4 is 11.7 Å². The van der Waals surface area contributed by atoms with Gasteiger partial charge < -0.3 is 14.4 Å². The second kappa shape index (κ2) is 7.22. The summed E-state index contributed by atoms with van der Waals surface area (Å²) < 4.78 is 82.7. The van der Waals surface area contributed by atoms with E-state index >= 15 is 0 Å². The average Bonchev–Trinajstić information content (AvgIpc) is 3.00. The molecule has 11 heteroatoms. The molecule has 0 fully saturated rings. The van der Waals surface area contributed by atoms with E-state index in [0.29, 0.717) is 11.0 Å². The number of halogens is 6. The fraction of sp³-hybridized carbons (Fsp3) is 0.250. The van der Waals surface area contributed by atoms with Crippen LogP contribution in [0.2, 0.25) is 0 Å². The molecule has 1 heterocycles. The Labute approximate surface area is 148 Å². The van der Waals surface area contributed by atoms with Gasteiger partial charge in [0.1, 0.15) is 12.3 Å². The van der Waals surface area contributed by atoms with Crippen molar-refractivity contribution in [2.45, 2.75) is 18.9 Å². The van der Waals surface area contributed by atoms with E-state index in [4.69, 9.17) is 14.8 Å². The van der Waals surface area contributed by atoms with Crippen molar-refractivity contribution in [1.82, 2.24) is 0 Å². The Morgan fingerprint density at radius 1 is 1.15 bits per heavy atom. The number of rotatable bonds is 5. The first-order valence-electron chi connectivity index (χ1n) is 7.16. The van der Waals surface area contributed by atoms with Crippen molar-refractivity contribution in [3.63, 3.8) is 0 Å². The molecule has 0 bridgehead atoms. The van der Waals surface area contributed by atoms with Gasteiger partial charge in [0.25, 0.3) is 0 Å². The summed E-state index contributed by atoms with van der Waals surface area (Å²) in [6.07, 6.45) is -9.69. The number of anilines is 1. The van der Waals surface area contributed by atoms with E-state index in [1.807, 2.05) is 0 Å². The zero-order chi connectivity index (χ0) is 20.4. The number of nitrogens with zero attached hydrogens (tertiary/aromatic N) is 2. The quantitative estimate of drug-likeness (QED) is 0.762. The number of hydrogen-bond acceptors (Lipinski definition) is 4. The van der Waals surface area contributed by atoms with E-state index in [1.165, 1.54) is 6.07 Å². The van der Waals surface area contributed by atoms with Crippen molar-refractivity contribution < 1.29 is 40.7 Å². The molecule has 0 atom stereocenters. The molecule has 0 radical (unpaired) electrons. The van der Waals surface area contributed by atoms with Crippen LogP contribution in [-0.4, -0.2) is 23.8 Å². The lowest BCUT2D eigenvalue weighted by Crippen LogP contribution is -2.34. The monoisotopic (exact) mass is 392 g/mol. The van der Waals surface area contributed by atoms with E-state index in [-0.39, 0.29) is 5.76 Å². The smallest absolute Gasteiger partial charge is 0.417 e. The van der Waals surface area contributed by atoms with Gasteiger partial charge in [0.15, 0.2) is 0 Å². The second-order valence-corrected chi connectivity index (χ2v) is 5.38. The molecule has 2 aromatic rings. The average molecular weight is 392 g/mol. The molecule has 144 valence electrons. The minimum absolute atomic E-state index is 0.186. The highest BCUT2D eigenvalue weighted by Gasteiger charge is 2.36. The normalized spacial score (nSPS) is 11.9. The summed E-state index contributed by atoms with van der Waals surface area (Å²) in [4.78, 5) is 11.3. The van der Waals surface area contributed by atoms with Crippen LogP contribution >= 0.6 is 0 Å². The lowest BCUT2D eigenvalue weighted by Gasteiger charge is -2.26. The second-order valence-electron chi connectivity index (χ2n) is 5.38. The Balaban J connectivity index is 2.44. The summed E-state index contributed by atoms with van der Waals surface area (Å²) in [6, 6.07) is 5.62. The number of nitriles is 1. The third kappa shape index (κ3) is 5.16. The van der Waals surface area contributed by atoms with Crippen molar-refractivity contribution in [2.75, 3.05) is 11.4 Å². The number of aromatic carboxylic acids is 1. The Morgan fingerprint density at radius 2 is 1.81 bits per heavy atom. The van der Waals surface area contributed by atoms with Gasteiger partial charge in [-0.1, -0.05) is 0 Å². The molecule has 5 nitrogen and oxygen atoms in total. The lowest BCUT2D eigenvalue weighted by atomic mass is 10.1. The predicted molar refractivity (Wildman–Crippen MR) is 78.9 cm³/mol. The Kier molecular flexibility index (Phi) is 5.39. The lowest BCUT2D eigenvalue weighted by molar-refractivity contribution is -0.137. The number of carbonyl (C=O) groups is 1. The van der Waals surface area contributed by atoms with Gasteiger partial charge in [-0.3, -0.25) is 0 Å². The SMILES string of the molecule is N#Cc1ccc(N(Cc2ccc(C(=O)O)o2)CC(F)(F)F)cc1C(F)(F)F. The van der Waals surface area contributed by atoms with E-state index in [9.17, 15) is 31.1 Å². The molecular formula is C16H10F6N2O3. The van der Waals surface area contributed by atoms with Gasteiger partial charge in [-0.05, 0) is 30.3 Å². The molecule has 0 saturated carbocycles. The third-order valence-corrected chi connectivity index (χ3v) is 3.38. The molecule has 0 spiro atoms. The molecule has 27 heavy (non-hydrogen) atoms. The van der Waals surface area contributed by atoms with Crippen molar-refractivity contribution in [3.05, 3.63) is 53.0 Å². The van der Waals surface area contributed by atoms with Gasteiger partial charge in [0.05, 0.1) is 23.7 Å². The van der Waals surface area contributed by atoms with Gasteiger partial charge in [-0.15, -0.1) is 0 Å². The van der Waals surface area contributed by atoms with Crippen LogP contribution in [0.15, 0.2) is 34.7 Å². The van der Waals surface area contributed by atoms with Gasteiger partial charge in [-0.25, -0.2) is 4.79 Å². The Hall–Kier alpha value is -3.16. The molecule has 1 aromatic heterocycles. The van der Waals surface area contributed by atoms with E-state index < -0.39 is 54.0 Å². The molecule has 0 aliphatic carbocycles. The summed E-state index contributed by atoms with van der Waals surface area (Å²) in [5.74, 6) is -2.15. The van der Waals surface area contributed by atoms with Gasteiger partial charge in [0.2, 0.25) is 5.76 Å². The Morgan fingerprint density at radius 3 is 2.30 bits per heavy atom. The molecule has 1 aromatic carbocycles. The molecule has 0 unspecified atom stereocenters. The van der Waals surface area contributed by atoms with Crippen LogP contribution in [-0.2, 0) is 12.7 Å². The van der Waals surface area contributed by atoms with E-state index in [1.54, 1.807) is 0 Å². The van der Waals surface area contributed by atoms with Gasteiger partial charge in [0, 0.05) is 5.69 Å². The number of carboxylic acids is 1. The first kappa shape index (κ1) is 20.2. The maximum Gasteiger partial charge on any atom is 0.417 e. The fourth-order valence-electron chi connectivity index (χ4n) is 2.28. The summed E-state index contributed by atoms with van der Waals surface area (Å²) in [7, 11) is 0. The zero-order valence-electron chi connectivity index (χ0n) is 13.2. The first-order chi connectivity index (χ1) is 12.4. The number of furan rings is 1. The molecule has 0 saturated heterocycles. The van der Waals surface area contributed by atoms with Crippen LogP contribution in [0.25, 0.3) is 0 Å². The molecular weight excluding hydrogens is 382 g/mol. The molecule has 1 N–H and O–H groups in total. The highest BCUT2D eigenvalue weighted by atomic mass is 19.4. The van der Waals surface area contributed by atoms with Crippen molar-refractivity contribution in [2.24, 2.45) is 0 Å². The van der Waals surface area contributed by atoms with Gasteiger partial charge >= 0.3 is 18.3 Å². The minimum Gasteiger partial charge on any atom is -0.475 e. The fourth-order valence-corrected chi connectivity index (χ4v) is 2.28. The highest BCUT2D eigenvalue weighted by molar-refractivity contribution is 5.84. The summed E-state index contributed by atoms with van der Waals surface area (Å²) in [6.45, 7) is -2.24. The standard InChI is InChI=1S/C16H10F6N2O3/c17-15(18,19)8-24(7-11-3-4-13(27-11)14(25)26)10-2-1-9(6-23)12(5-10)16(20,21)22/h1-5H,7-8H2,(H,25,26). The largest absolute Gasteiger partial charge is 0.475 e. The van der Waals surface area contributed by atoms with Crippen LogP contribution < -0.4 is 4.90 Å².